The van der Waals surface area contributed by atoms with Gasteiger partial charge >= 0.3 is 5.97 Å². The van der Waals surface area contributed by atoms with Gasteiger partial charge in [-0.2, -0.15) is 17.0 Å². The van der Waals surface area contributed by atoms with Gasteiger partial charge in [0, 0.05) is 40.9 Å². The Morgan fingerprint density at radius 2 is 1.79 bits per heavy atom. The molecular weight excluding hydrogens is 276 g/mol. The van der Waals surface area contributed by atoms with E-state index in [0.717, 1.165) is 4.31 Å². The minimum atomic E-state index is -3.68. The van der Waals surface area contributed by atoms with Gasteiger partial charge in [0.2, 0.25) is 0 Å². The van der Waals surface area contributed by atoms with Crippen LogP contribution < -0.4 is 0 Å². The number of nitrogens with zero attached hydrogens (tertiary/aromatic N) is 2. The van der Waals surface area contributed by atoms with Crippen LogP contribution in [0.25, 0.3) is 0 Å². The SMILES string of the molecule is COC1CN(S(=O)(=O)N(C)CCC(=O)O)CC1OC. The van der Waals surface area contributed by atoms with Crippen LogP contribution in [-0.4, -0.2) is 81.2 Å². The molecule has 1 N–H and O–H groups in total. The Morgan fingerprint density at radius 3 is 2.16 bits per heavy atom. The third-order valence-corrected chi connectivity index (χ3v) is 5.07. The molecule has 0 aliphatic carbocycles. The van der Waals surface area contributed by atoms with Crippen molar-refractivity contribution in [3.63, 3.8) is 0 Å². The molecule has 2 atom stereocenters. The molecule has 1 rings (SSSR count). The first-order valence-corrected chi connectivity index (χ1v) is 7.21. The molecule has 0 radical (unpaired) electrons. The lowest BCUT2D eigenvalue weighted by Gasteiger charge is -2.23. The van der Waals surface area contributed by atoms with Crippen molar-refractivity contribution in [2.24, 2.45) is 0 Å². The van der Waals surface area contributed by atoms with E-state index in [1.54, 1.807) is 0 Å². The van der Waals surface area contributed by atoms with E-state index in [-0.39, 0.29) is 38.3 Å². The molecule has 8 nitrogen and oxygen atoms in total. The predicted molar refractivity (Wildman–Crippen MR) is 67.0 cm³/mol. The van der Waals surface area contributed by atoms with Gasteiger partial charge in [-0.15, -0.1) is 0 Å². The Bertz CT molecular complexity index is 400. The van der Waals surface area contributed by atoms with Crippen molar-refractivity contribution < 1.29 is 27.8 Å². The Morgan fingerprint density at radius 1 is 1.32 bits per heavy atom. The molecule has 0 saturated carbocycles. The molecule has 0 aromatic heterocycles. The van der Waals surface area contributed by atoms with Crippen LogP contribution in [0.4, 0.5) is 0 Å². The maximum atomic E-state index is 12.2. The predicted octanol–water partition coefficient (Wildman–Crippen LogP) is -1.02. The average molecular weight is 296 g/mol. The summed E-state index contributed by atoms with van der Waals surface area (Å²) in [5.74, 6) is -1.03. The average Bonchev–Trinajstić information content (AvgIpc) is 2.79. The molecule has 1 aliphatic rings. The zero-order valence-electron chi connectivity index (χ0n) is 11.3. The van der Waals surface area contributed by atoms with Crippen LogP contribution in [-0.2, 0) is 24.5 Å². The Labute approximate surface area is 113 Å². The van der Waals surface area contributed by atoms with E-state index in [1.807, 2.05) is 0 Å². The smallest absolute Gasteiger partial charge is 0.304 e. The number of hydrogen-bond acceptors (Lipinski definition) is 5. The lowest BCUT2D eigenvalue weighted by Crippen LogP contribution is -2.42. The first-order valence-electron chi connectivity index (χ1n) is 5.81. The molecule has 0 bridgehead atoms. The molecule has 0 aromatic carbocycles. The molecule has 112 valence electrons. The second-order valence-electron chi connectivity index (χ2n) is 4.34. The molecule has 1 heterocycles. The lowest BCUT2D eigenvalue weighted by atomic mass is 10.3. The maximum Gasteiger partial charge on any atom is 0.304 e. The van der Waals surface area contributed by atoms with E-state index in [0.29, 0.717) is 0 Å². The lowest BCUT2D eigenvalue weighted by molar-refractivity contribution is -0.137. The fraction of sp³-hybridized carbons (Fsp3) is 0.900. The van der Waals surface area contributed by atoms with Crippen LogP contribution in [0.3, 0.4) is 0 Å². The van der Waals surface area contributed by atoms with Crippen LogP contribution in [0.1, 0.15) is 6.42 Å². The number of aliphatic carboxylic acids is 1. The first kappa shape index (κ1) is 16.3. The van der Waals surface area contributed by atoms with Gasteiger partial charge in [-0.1, -0.05) is 0 Å². The largest absolute Gasteiger partial charge is 0.481 e. The summed E-state index contributed by atoms with van der Waals surface area (Å²) in [6, 6.07) is 0. The summed E-state index contributed by atoms with van der Waals surface area (Å²) in [4.78, 5) is 10.5. The Hall–Kier alpha value is -0.740. The van der Waals surface area contributed by atoms with E-state index in [4.69, 9.17) is 14.6 Å². The molecule has 2 unspecified atom stereocenters. The molecule has 0 spiro atoms. The highest BCUT2D eigenvalue weighted by Gasteiger charge is 2.40. The molecular formula is C10H20N2O6S. The van der Waals surface area contributed by atoms with Crippen molar-refractivity contribution in [3.8, 4) is 0 Å². The number of methoxy groups -OCH3 is 2. The number of carboxylic acids is 1. The van der Waals surface area contributed by atoms with Crippen LogP contribution in [0.15, 0.2) is 0 Å². The van der Waals surface area contributed by atoms with Gasteiger partial charge in [0.1, 0.15) is 0 Å². The van der Waals surface area contributed by atoms with Gasteiger partial charge in [-0.3, -0.25) is 4.79 Å². The van der Waals surface area contributed by atoms with E-state index in [9.17, 15) is 13.2 Å². The van der Waals surface area contributed by atoms with Crippen molar-refractivity contribution in [2.75, 3.05) is 40.9 Å². The maximum absolute atomic E-state index is 12.2. The highest BCUT2D eigenvalue weighted by atomic mass is 32.2. The Balaban J connectivity index is 2.70. The third kappa shape index (κ3) is 3.86. The van der Waals surface area contributed by atoms with Gasteiger partial charge in [0.25, 0.3) is 10.2 Å². The molecule has 0 amide bonds. The number of carbonyl (C=O) groups is 1. The van der Waals surface area contributed by atoms with Gasteiger partial charge in [0.15, 0.2) is 0 Å². The Kier molecular flexibility index (Phi) is 5.68. The molecule has 1 fully saturated rings. The van der Waals surface area contributed by atoms with Crippen molar-refractivity contribution >= 4 is 16.2 Å². The molecule has 9 heteroatoms. The number of carboxylic acid groups (broad SMARTS) is 1. The van der Waals surface area contributed by atoms with E-state index in [2.05, 4.69) is 0 Å². The quantitative estimate of drug-likeness (QED) is 0.646. The summed E-state index contributed by atoms with van der Waals surface area (Å²) in [5.41, 5.74) is 0. The summed E-state index contributed by atoms with van der Waals surface area (Å²) >= 11 is 0. The standard InChI is InChI=1S/C10H20N2O6S/c1-11(5-4-10(13)14)19(15,16)12-6-8(17-2)9(7-12)18-3/h8-9H,4-7H2,1-3H3,(H,13,14). The summed E-state index contributed by atoms with van der Waals surface area (Å²) in [6.07, 6.45) is -0.856. The first-order chi connectivity index (χ1) is 8.82. The van der Waals surface area contributed by atoms with Crippen molar-refractivity contribution in [3.05, 3.63) is 0 Å². The summed E-state index contributed by atoms with van der Waals surface area (Å²) in [7, 11) is 0.686. The topological polar surface area (TPSA) is 96.4 Å². The summed E-state index contributed by atoms with van der Waals surface area (Å²) in [6.45, 7) is 0.340. The van der Waals surface area contributed by atoms with E-state index >= 15 is 0 Å². The van der Waals surface area contributed by atoms with E-state index < -0.39 is 16.2 Å². The van der Waals surface area contributed by atoms with Gasteiger partial charge in [-0.05, 0) is 0 Å². The normalized spacial score (nSPS) is 25.1. The van der Waals surface area contributed by atoms with Crippen molar-refractivity contribution in [1.29, 1.82) is 0 Å². The minimum absolute atomic E-state index is 0.0660. The third-order valence-electron chi connectivity index (χ3n) is 3.15. The number of rotatable bonds is 7. The zero-order valence-corrected chi connectivity index (χ0v) is 12.1. The summed E-state index contributed by atoms with van der Waals surface area (Å²) < 4.78 is 37.1. The van der Waals surface area contributed by atoms with Crippen LogP contribution in [0, 0.1) is 0 Å². The highest BCUT2D eigenvalue weighted by Crippen LogP contribution is 2.20. The second-order valence-corrected chi connectivity index (χ2v) is 6.37. The fourth-order valence-corrected chi connectivity index (χ4v) is 3.30. The highest BCUT2D eigenvalue weighted by molar-refractivity contribution is 7.86. The number of hydrogen-bond donors (Lipinski definition) is 1. The monoisotopic (exact) mass is 296 g/mol. The van der Waals surface area contributed by atoms with Crippen LogP contribution in [0.5, 0.6) is 0 Å². The van der Waals surface area contributed by atoms with Gasteiger partial charge in [0.05, 0.1) is 18.6 Å². The minimum Gasteiger partial charge on any atom is -0.481 e. The van der Waals surface area contributed by atoms with Crippen molar-refractivity contribution in [1.82, 2.24) is 8.61 Å². The van der Waals surface area contributed by atoms with E-state index in [1.165, 1.54) is 25.6 Å². The second kappa shape index (κ2) is 6.62. The molecule has 19 heavy (non-hydrogen) atoms. The van der Waals surface area contributed by atoms with Crippen LogP contribution >= 0.6 is 0 Å². The van der Waals surface area contributed by atoms with Gasteiger partial charge in [-0.25, -0.2) is 0 Å². The molecule has 0 aromatic rings. The summed E-state index contributed by atoms with van der Waals surface area (Å²) in [5, 5.41) is 8.58. The fourth-order valence-electron chi connectivity index (χ4n) is 1.92. The molecule has 1 aliphatic heterocycles. The number of ether oxygens (including phenoxy) is 2. The van der Waals surface area contributed by atoms with Crippen LogP contribution in [0.2, 0.25) is 0 Å². The molecule has 1 saturated heterocycles. The van der Waals surface area contributed by atoms with Crippen molar-refractivity contribution in [2.45, 2.75) is 18.6 Å². The zero-order chi connectivity index (χ0) is 14.6. The van der Waals surface area contributed by atoms with Gasteiger partial charge < -0.3 is 14.6 Å².